The first kappa shape index (κ1) is 13.1. The van der Waals surface area contributed by atoms with E-state index in [1.165, 1.54) is 12.7 Å². The van der Waals surface area contributed by atoms with Crippen molar-refractivity contribution in [3.8, 4) is 5.75 Å². The molecule has 0 radical (unpaired) electrons. The van der Waals surface area contributed by atoms with Gasteiger partial charge in [0.1, 0.15) is 0 Å². The van der Waals surface area contributed by atoms with Crippen LogP contribution >= 0.6 is 0 Å². The van der Waals surface area contributed by atoms with E-state index in [4.69, 9.17) is 10.5 Å². The number of hydrogen-bond donors (Lipinski definition) is 1. The van der Waals surface area contributed by atoms with Gasteiger partial charge in [-0.1, -0.05) is 19.1 Å². The highest BCUT2D eigenvalue weighted by Gasteiger charge is 2.25. The molecule has 0 saturated heterocycles. The molecule has 0 saturated carbocycles. The predicted molar refractivity (Wildman–Crippen MR) is 72.0 cm³/mol. The van der Waals surface area contributed by atoms with Gasteiger partial charge >= 0.3 is 0 Å². The lowest BCUT2D eigenvalue weighted by molar-refractivity contribution is 0.378. The Bertz CT molecular complexity index is 470. The predicted octanol–water partition coefficient (Wildman–Crippen LogP) is 3.51. The van der Waals surface area contributed by atoms with Crippen LogP contribution in [0.1, 0.15) is 38.2 Å². The lowest BCUT2D eigenvalue weighted by atomic mass is 9.80. The fraction of sp³-hybridized carbons (Fsp3) is 0.467. The van der Waals surface area contributed by atoms with Crippen molar-refractivity contribution in [1.82, 2.24) is 0 Å². The Morgan fingerprint density at radius 3 is 2.72 bits per heavy atom. The van der Waals surface area contributed by atoms with Gasteiger partial charge in [-0.25, -0.2) is 4.39 Å². The van der Waals surface area contributed by atoms with Crippen LogP contribution in [0.4, 0.5) is 4.39 Å². The molecule has 1 aliphatic carbocycles. The first-order chi connectivity index (χ1) is 8.58. The molecule has 0 bridgehead atoms. The van der Waals surface area contributed by atoms with E-state index in [-0.39, 0.29) is 17.1 Å². The zero-order valence-electron chi connectivity index (χ0n) is 11.0. The summed E-state index contributed by atoms with van der Waals surface area (Å²) in [6.45, 7) is 2.12. The molecule has 2 N–H and O–H groups in total. The molecule has 98 valence electrons. The third-order valence-corrected chi connectivity index (χ3v) is 3.87. The molecule has 1 aliphatic rings. The van der Waals surface area contributed by atoms with Gasteiger partial charge in [0.05, 0.1) is 7.11 Å². The van der Waals surface area contributed by atoms with E-state index in [1.54, 1.807) is 12.1 Å². The summed E-state index contributed by atoms with van der Waals surface area (Å²) in [5.41, 5.74) is 8.28. The van der Waals surface area contributed by atoms with Gasteiger partial charge in [0.2, 0.25) is 0 Å². The topological polar surface area (TPSA) is 35.2 Å². The van der Waals surface area contributed by atoms with Gasteiger partial charge in [-0.15, -0.1) is 0 Å². The molecule has 0 aliphatic heterocycles. The molecule has 1 unspecified atom stereocenters. The fourth-order valence-electron chi connectivity index (χ4n) is 2.36. The Labute approximate surface area is 108 Å². The molecule has 1 aromatic carbocycles. The molecule has 0 fully saturated rings. The highest BCUT2D eigenvalue weighted by Crippen LogP contribution is 2.34. The minimum Gasteiger partial charge on any atom is -0.494 e. The molecule has 0 aromatic heterocycles. The Balaban J connectivity index is 2.21. The largest absolute Gasteiger partial charge is 0.494 e. The number of ether oxygens (including phenoxy) is 1. The molecule has 0 spiro atoms. The van der Waals surface area contributed by atoms with E-state index in [9.17, 15) is 4.39 Å². The number of nitrogens with two attached hydrogens (primary N) is 1. The zero-order valence-corrected chi connectivity index (χ0v) is 11.0. The third-order valence-electron chi connectivity index (χ3n) is 3.87. The van der Waals surface area contributed by atoms with Crippen LogP contribution in [0.15, 0.2) is 24.3 Å². The highest BCUT2D eigenvalue weighted by atomic mass is 19.1. The smallest absolute Gasteiger partial charge is 0.165 e. The first-order valence-electron chi connectivity index (χ1n) is 6.40. The second-order valence-electron chi connectivity index (χ2n) is 5.00. The monoisotopic (exact) mass is 249 g/mol. The maximum absolute atomic E-state index is 13.6. The molecule has 0 heterocycles. The molecular formula is C15H20FNO. The number of benzene rings is 1. The zero-order chi connectivity index (χ0) is 13.2. The molecule has 3 heteroatoms. The van der Waals surface area contributed by atoms with Crippen LogP contribution < -0.4 is 10.5 Å². The van der Waals surface area contributed by atoms with E-state index >= 15 is 0 Å². The van der Waals surface area contributed by atoms with Crippen molar-refractivity contribution in [2.45, 2.75) is 38.1 Å². The summed E-state index contributed by atoms with van der Waals surface area (Å²) in [5, 5.41) is 0. The van der Waals surface area contributed by atoms with Gasteiger partial charge in [0.15, 0.2) is 11.6 Å². The highest BCUT2D eigenvalue weighted by molar-refractivity contribution is 5.67. The average molecular weight is 249 g/mol. The second kappa shape index (κ2) is 5.11. The average Bonchev–Trinajstić information content (AvgIpc) is 2.39. The van der Waals surface area contributed by atoms with E-state index in [0.29, 0.717) is 0 Å². The Hall–Kier alpha value is -1.35. The lowest BCUT2D eigenvalue weighted by Crippen LogP contribution is -2.39. The molecule has 1 atom stereocenters. The Morgan fingerprint density at radius 1 is 1.44 bits per heavy atom. The summed E-state index contributed by atoms with van der Waals surface area (Å²) >= 11 is 0. The first-order valence-corrected chi connectivity index (χ1v) is 6.40. The van der Waals surface area contributed by atoms with Crippen molar-refractivity contribution < 1.29 is 9.13 Å². The number of rotatable bonds is 3. The maximum atomic E-state index is 13.6. The van der Waals surface area contributed by atoms with Crippen molar-refractivity contribution in [2.75, 3.05) is 7.11 Å². The van der Waals surface area contributed by atoms with Gasteiger partial charge in [0, 0.05) is 5.54 Å². The third kappa shape index (κ3) is 2.56. The van der Waals surface area contributed by atoms with Crippen molar-refractivity contribution in [3.05, 3.63) is 35.7 Å². The second-order valence-corrected chi connectivity index (χ2v) is 5.00. The van der Waals surface area contributed by atoms with Gasteiger partial charge in [-0.05, 0) is 49.0 Å². The summed E-state index contributed by atoms with van der Waals surface area (Å²) in [5.74, 6) is -0.0205. The summed E-state index contributed by atoms with van der Waals surface area (Å²) in [7, 11) is 1.47. The Kier molecular flexibility index (Phi) is 3.71. The van der Waals surface area contributed by atoms with Crippen LogP contribution in [-0.2, 0) is 0 Å². The lowest BCUT2D eigenvalue weighted by Gasteiger charge is -2.31. The summed E-state index contributed by atoms with van der Waals surface area (Å²) < 4.78 is 18.6. The number of allylic oxidation sites excluding steroid dienone is 1. The van der Waals surface area contributed by atoms with Gasteiger partial charge in [-0.2, -0.15) is 0 Å². The van der Waals surface area contributed by atoms with E-state index in [1.807, 2.05) is 6.07 Å². The standard InChI is InChI=1S/C15H20FNO/c1-3-15(17)8-6-11(7-9-15)12-4-5-14(18-2)13(16)10-12/h4-6,10H,3,7-9,17H2,1-2H3. The van der Waals surface area contributed by atoms with E-state index in [0.717, 1.165) is 31.2 Å². The fourth-order valence-corrected chi connectivity index (χ4v) is 2.36. The van der Waals surface area contributed by atoms with E-state index in [2.05, 4.69) is 13.0 Å². The van der Waals surface area contributed by atoms with Crippen LogP contribution in [0.5, 0.6) is 5.75 Å². The van der Waals surface area contributed by atoms with Crippen molar-refractivity contribution >= 4 is 5.57 Å². The summed E-state index contributed by atoms with van der Waals surface area (Å²) in [4.78, 5) is 0. The van der Waals surface area contributed by atoms with Crippen LogP contribution in [0.2, 0.25) is 0 Å². The normalized spacial score (nSPS) is 23.7. The number of halogens is 1. The molecule has 18 heavy (non-hydrogen) atoms. The van der Waals surface area contributed by atoms with Crippen molar-refractivity contribution in [2.24, 2.45) is 5.73 Å². The minimum absolute atomic E-state index is 0.0749. The quantitative estimate of drug-likeness (QED) is 0.889. The maximum Gasteiger partial charge on any atom is 0.165 e. The van der Waals surface area contributed by atoms with Gasteiger partial charge in [-0.3, -0.25) is 0 Å². The minimum atomic E-state index is -0.309. The molecule has 0 amide bonds. The van der Waals surface area contributed by atoms with Gasteiger partial charge < -0.3 is 10.5 Å². The SMILES string of the molecule is CCC1(N)CC=C(c2ccc(OC)c(F)c2)CC1. The van der Waals surface area contributed by atoms with Crippen molar-refractivity contribution in [1.29, 1.82) is 0 Å². The molecule has 2 nitrogen and oxygen atoms in total. The van der Waals surface area contributed by atoms with Crippen LogP contribution in [0.25, 0.3) is 5.57 Å². The van der Waals surface area contributed by atoms with Gasteiger partial charge in [0.25, 0.3) is 0 Å². The molecule has 2 rings (SSSR count). The van der Waals surface area contributed by atoms with Crippen LogP contribution in [0.3, 0.4) is 0 Å². The summed E-state index contributed by atoms with van der Waals surface area (Å²) in [6.07, 6.45) is 5.87. The molecule has 1 aromatic rings. The number of hydrogen-bond acceptors (Lipinski definition) is 2. The molecular weight excluding hydrogens is 229 g/mol. The van der Waals surface area contributed by atoms with Crippen molar-refractivity contribution in [3.63, 3.8) is 0 Å². The summed E-state index contributed by atoms with van der Waals surface area (Å²) in [6, 6.07) is 5.12. The Morgan fingerprint density at radius 2 is 2.22 bits per heavy atom. The van der Waals surface area contributed by atoms with Crippen LogP contribution in [0, 0.1) is 5.82 Å². The van der Waals surface area contributed by atoms with Crippen LogP contribution in [-0.4, -0.2) is 12.6 Å². The van der Waals surface area contributed by atoms with E-state index < -0.39 is 0 Å². The number of methoxy groups -OCH3 is 1.